The minimum absolute atomic E-state index is 0.117. The van der Waals surface area contributed by atoms with Crippen LogP contribution in [0.1, 0.15) is 49.9 Å². The van der Waals surface area contributed by atoms with Crippen LogP contribution in [0, 0.1) is 5.82 Å². The maximum absolute atomic E-state index is 14.1. The molecule has 2 aliphatic rings. The van der Waals surface area contributed by atoms with E-state index in [1.807, 2.05) is 11.6 Å². The minimum atomic E-state index is -1.38. The Kier molecular flexibility index (Phi) is 5.64. The Hall–Kier alpha value is -3.03. The second-order valence-corrected chi connectivity index (χ2v) is 8.66. The highest BCUT2D eigenvalue weighted by atomic mass is 19.1. The van der Waals surface area contributed by atoms with Crippen molar-refractivity contribution in [3.63, 3.8) is 0 Å². The zero-order chi connectivity index (χ0) is 22.2. The Balaban J connectivity index is 1.65. The lowest BCUT2D eigenvalue weighted by Gasteiger charge is -2.30. The van der Waals surface area contributed by atoms with Crippen molar-refractivity contribution in [3.05, 3.63) is 53.9 Å². The van der Waals surface area contributed by atoms with Gasteiger partial charge < -0.3 is 9.47 Å². The molecule has 2 aromatic rings. The van der Waals surface area contributed by atoms with Crippen LogP contribution in [-0.4, -0.2) is 50.2 Å². The van der Waals surface area contributed by atoms with Gasteiger partial charge in [0.05, 0.1) is 12.0 Å². The van der Waals surface area contributed by atoms with E-state index in [1.54, 1.807) is 25.5 Å². The van der Waals surface area contributed by atoms with E-state index < -0.39 is 11.2 Å². The standard InChI is InChI=1S/C23H27FN4O3/c1-26-11-10-25-19(26)15-27(2)20(29)13-23(16-6-5-7-17(24)12-16)14-21(30)28(22(23)31)18-8-3-4-9-18/h5-7,10-12,18H,3-4,8-9,13-15H2,1-2H3/t23-/m0/s1. The second kappa shape index (κ2) is 8.24. The number of likely N-dealkylation sites (tertiary alicyclic amines) is 1. The Morgan fingerprint density at radius 3 is 2.68 bits per heavy atom. The molecule has 0 bridgehead atoms. The topological polar surface area (TPSA) is 75.5 Å². The van der Waals surface area contributed by atoms with Gasteiger partial charge in [-0.05, 0) is 30.5 Å². The summed E-state index contributed by atoms with van der Waals surface area (Å²) in [6.07, 6.45) is 6.65. The van der Waals surface area contributed by atoms with Crippen molar-refractivity contribution in [2.45, 2.75) is 56.5 Å². The Bertz CT molecular complexity index is 1010. The average Bonchev–Trinajstić information content (AvgIpc) is 3.44. The third-order valence-corrected chi connectivity index (χ3v) is 6.60. The highest BCUT2D eigenvalue weighted by Crippen LogP contribution is 2.43. The summed E-state index contributed by atoms with van der Waals surface area (Å²) >= 11 is 0. The first-order valence-corrected chi connectivity index (χ1v) is 10.6. The van der Waals surface area contributed by atoms with Crippen LogP contribution < -0.4 is 0 Å². The van der Waals surface area contributed by atoms with Crippen LogP contribution in [0.15, 0.2) is 36.7 Å². The number of carbonyl (C=O) groups excluding carboxylic acids is 3. The number of rotatable bonds is 6. The van der Waals surface area contributed by atoms with E-state index in [-0.39, 0.29) is 43.1 Å². The molecular formula is C23H27FN4O3. The second-order valence-electron chi connectivity index (χ2n) is 8.66. The summed E-state index contributed by atoms with van der Waals surface area (Å²) in [5, 5.41) is 0. The van der Waals surface area contributed by atoms with Crippen molar-refractivity contribution in [2.75, 3.05) is 7.05 Å². The number of amides is 3. The summed E-state index contributed by atoms with van der Waals surface area (Å²) in [5.74, 6) is -0.738. The fourth-order valence-corrected chi connectivity index (χ4v) is 4.79. The van der Waals surface area contributed by atoms with Gasteiger partial charge in [0.15, 0.2) is 0 Å². The third-order valence-electron chi connectivity index (χ3n) is 6.60. The molecular weight excluding hydrogens is 399 g/mol. The quantitative estimate of drug-likeness (QED) is 0.666. The molecule has 1 aromatic heterocycles. The van der Waals surface area contributed by atoms with Crippen LogP contribution in [0.5, 0.6) is 0 Å². The van der Waals surface area contributed by atoms with Crippen molar-refractivity contribution in [3.8, 4) is 0 Å². The van der Waals surface area contributed by atoms with Crippen LogP contribution in [0.2, 0.25) is 0 Å². The summed E-state index contributed by atoms with van der Waals surface area (Å²) in [6.45, 7) is 0.274. The first kappa shape index (κ1) is 21.2. The van der Waals surface area contributed by atoms with Gasteiger partial charge in [-0.3, -0.25) is 19.3 Å². The summed E-state index contributed by atoms with van der Waals surface area (Å²) in [5.41, 5.74) is -1.00. The summed E-state index contributed by atoms with van der Waals surface area (Å²) < 4.78 is 15.9. The smallest absolute Gasteiger partial charge is 0.241 e. The number of imidazole rings is 1. The molecule has 0 radical (unpaired) electrons. The molecule has 0 unspecified atom stereocenters. The fourth-order valence-electron chi connectivity index (χ4n) is 4.79. The van der Waals surface area contributed by atoms with Gasteiger partial charge in [0.25, 0.3) is 0 Å². The number of hydrogen-bond acceptors (Lipinski definition) is 4. The number of aryl methyl sites for hydroxylation is 1. The number of imide groups is 1. The highest BCUT2D eigenvalue weighted by molar-refractivity contribution is 6.11. The van der Waals surface area contributed by atoms with E-state index in [9.17, 15) is 18.8 Å². The van der Waals surface area contributed by atoms with Gasteiger partial charge in [0.1, 0.15) is 11.6 Å². The molecule has 1 saturated carbocycles. The van der Waals surface area contributed by atoms with Gasteiger partial charge in [-0.15, -0.1) is 0 Å². The average molecular weight is 426 g/mol. The molecule has 1 saturated heterocycles. The van der Waals surface area contributed by atoms with Crippen molar-refractivity contribution < 1.29 is 18.8 Å². The summed E-state index contributed by atoms with van der Waals surface area (Å²) in [4.78, 5) is 46.9. The zero-order valence-corrected chi connectivity index (χ0v) is 17.9. The van der Waals surface area contributed by atoms with Gasteiger partial charge in [0, 0.05) is 45.4 Å². The van der Waals surface area contributed by atoms with Crippen molar-refractivity contribution >= 4 is 17.7 Å². The molecule has 1 aromatic carbocycles. The van der Waals surface area contributed by atoms with Crippen molar-refractivity contribution in [1.29, 1.82) is 0 Å². The van der Waals surface area contributed by atoms with Gasteiger partial charge in [0.2, 0.25) is 17.7 Å². The normalized spacial score (nSPS) is 21.8. The maximum Gasteiger partial charge on any atom is 0.241 e. The van der Waals surface area contributed by atoms with Gasteiger partial charge in [-0.1, -0.05) is 25.0 Å². The number of halogens is 1. The Labute approximate surface area is 180 Å². The van der Waals surface area contributed by atoms with E-state index in [1.165, 1.54) is 28.0 Å². The molecule has 1 aliphatic carbocycles. The minimum Gasteiger partial charge on any atom is -0.338 e. The Morgan fingerprint density at radius 1 is 1.29 bits per heavy atom. The van der Waals surface area contributed by atoms with E-state index in [0.717, 1.165) is 25.7 Å². The van der Waals surface area contributed by atoms with Crippen molar-refractivity contribution in [1.82, 2.24) is 19.4 Å². The molecule has 8 heteroatoms. The van der Waals surface area contributed by atoms with E-state index in [2.05, 4.69) is 4.98 Å². The van der Waals surface area contributed by atoms with E-state index in [0.29, 0.717) is 11.4 Å². The van der Waals surface area contributed by atoms with Crippen LogP contribution in [0.3, 0.4) is 0 Å². The monoisotopic (exact) mass is 426 g/mol. The number of carbonyl (C=O) groups is 3. The SMILES string of the molecule is CN(Cc1nccn1C)C(=O)C[C@@]1(c2cccc(F)c2)CC(=O)N(C2CCCC2)C1=O. The molecule has 1 aliphatic heterocycles. The van der Waals surface area contributed by atoms with Crippen LogP contribution in [0.25, 0.3) is 0 Å². The molecule has 0 spiro atoms. The zero-order valence-electron chi connectivity index (χ0n) is 17.9. The van der Waals surface area contributed by atoms with Gasteiger partial charge >= 0.3 is 0 Å². The van der Waals surface area contributed by atoms with E-state index in [4.69, 9.17) is 0 Å². The maximum atomic E-state index is 14.1. The predicted molar refractivity (Wildman–Crippen MR) is 111 cm³/mol. The first-order chi connectivity index (χ1) is 14.8. The molecule has 2 fully saturated rings. The molecule has 31 heavy (non-hydrogen) atoms. The lowest BCUT2D eigenvalue weighted by molar-refractivity contribution is -0.144. The van der Waals surface area contributed by atoms with Crippen LogP contribution >= 0.6 is 0 Å². The van der Waals surface area contributed by atoms with Crippen LogP contribution in [0.4, 0.5) is 4.39 Å². The first-order valence-electron chi connectivity index (χ1n) is 10.6. The predicted octanol–water partition coefficient (Wildman–Crippen LogP) is 2.55. The number of aromatic nitrogens is 2. The van der Waals surface area contributed by atoms with Gasteiger partial charge in [-0.2, -0.15) is 0 Å². The number of nitrogens with zero attached hydrogens (tertiary/aromatic N) is 4. The molecule has 3 amide bonds. The summed E-state index contributed by atoms with van der Waals surface area (Å²) in [7, 11) is 3.49. The Morgan fingerprint density at radius 2 is 2.03 bits per heavy atom. The highest BCUT2D eigenvalue weighted by Gasteiger charge is 2.55. The molecule has 4 rings (SSSR count). The lowest BCUT2D eigenvalue weighted by Crippen LogP contribution is -2.45. The van der Waals surface area contributed by atoms with E-state index >= 15 is 0 Å². The summed E-state index contributed by atoms with van der Waals surface area (Å²) in [6, 6.07) is 5.59. The number of benzene rings is 1. The lowest BCUT2D eigenvalue weighted by atomic mass is 9.75. The van der Waals surface area contributed by atoms with Crippen LogP contribution in [-0.2, 0) is 33.4 Å². The van der Waals surface area contributed by atoms with Crippen molar-refractivity contribution in [2.24, 2.45) is 7.05 Å². The molecule has 7 nitrogen and oxygen atoms in total. The largest absolute Gasteiger partial charge is 0.338 e. The molecule has 164 valence electrons. The molecule has 1 atom stereocenters. The molecule has 0 N–H and O–H groups in total. The fraction of sp³-hybridized carbons (Fsp3) is 0.478. The third kappa shape index (κ3) is 3.86. The molecule has 2 heterocycles. The number of hydrogen-bond donors (Lipinski definition) is 0. The van der Waals surface area contributed by atoms with Gasteiger partial charge in [-0.25, -0.2) is 9.37 Å².